The molecule has 0 spiro atoms. The van der Waals surface area contributed by atoms with Gasteiger partial charge >= 0.3 is 6.18 Å². The molecule has 38 heavy (non-hydrogen) atoms. The summed E-state index contributed by atoms with van der Waals surface area (Å²) >= 11 is 1.14. The van der Waals surface area contributed by atoms with E-state index in [0.717, 1.165) is 46.3 Å². The zero-order valence-electron chi connectivity index (χ0n) is 20.3. The Hall–Kier alpha value is -3.70. The number of rotatable bonds is 5. The number of anilines is 1. The molecule has 2 heterocycles. The van der Waals surface area contributed by atoms with Gasteiger partial charge in [-0.2, -0.15) is 22.8 Å². The number of benzene rings is 3. The van der Waals surface area contributed by atoms with Crippen molar-refractivity contribution in [2.24, 2.45) is 4.99 Å². The first kappa shape index (κ1) is 27.3. The van der Waals surface area contributed by atoms with Crippen LogP contribution >= 0.6 is 24.2 Å². The second-order valence-corrected chi connectivity index (χ2v) is 9.51. The topological polar surface area (TPSA) is 76.3 Å². The third-order valence-corrected chi connectivity index (χ3v) is 6.81. The third-order valence-electron chi connectivity index (χ3n) is 5.90. The number of fused-ring (bicyclic) bond motifs is 1. The largest absolute Gasteiger partial charge is 0.416 e. The van der Waals surface area contributed by atoms with Crippen LogP contribution in [0.4, 0.5) is 18.9 Å². The Balaban J connectivity index is 0.00000336. The molecule has 0 saturated heterocycles. The number of hydrogen-bond acceptors (Lipinski definition) is 5. The monoisotopic (exact) mass is 558 g/mol. The molecule has 0 saturated carbocycles. The molecule has 0 aliphatic carbocycles. The average molecular weight is 559 g/mol. The number of thioether (sulfide) groups is 1. The van der Waals surface area contributed by atoms with Crippen LogP contribution in [0.1, 0.15) is 27.8 Å². The van der Waals surface area contributed by atoms with Gasteiger partial charge in [-0.05, 0) is 59.7 Å². The van der Waals surface area contributed by atoms with E-state index in [-0.39, 0.29) is 18.2 Å². The lowest BCUT2D eigenvalue weighted by molar-refractivity contribution is -0.137. The van der Waals surface area contributed by atoms with E-state index in [9.17, 15) is 18.0 Å². The van der Waals surface area contributed by atoms with Crippen molar-refractivity contribution in [2.45, 2.75) is 31.7 Å². The summed E-state index contributed by atoms with van der Waals surface area (Å²) in [6, 6.07) is 18.2. The van der Waals surface area contributed by atoms with Crippen molar-refractivity contribution in [3.63, 3.8) is 0 Å². The minimum absolute atomic E-state index is 0. The lowest BCUT2D eigenvalue weighted by Gasteiger charge is -2.20. The van der Waals surface area contributed by atoms with Crippen molar-refractivity contribution in [3.8, 4) is 5.69 Å². The highest BCUT2D eigenvalue weighted by Gasteiger charge is 2.33. The number of aliphatic imine (C=N–C) groups is 1. The number of halogens is 4. The molecule has 1 aromatic heterocycles. The summed E-state index contributed by atoms with van der Waals surface area (Å²) in [5.74, 6) is -0.189. The molecule has 0 atom stereocenters. The molecule has 0 bridgehead atoms. The highest BCUT2D eigenvalue weighted by Crippen LogP contribution is 2.35. The predicted octanol–water partition coefficient (Wildman–Crippen LogP) is 5.81. The number of hydrogen-bond donors (Lipinski definition) is 0. The highest BCUT2D eigenvalue weighted by atomic mass is 35.5. The third kappa shape index (κ3) is 5.58. The number of amidine groups is 1. The number of nitrogens with zero attached hydrogens (tertiary/aromatic N) is 6. The van der Waals surface area contributed by atoms with Crippen molar-refractivity contribution in [1.29, 1.82) is 0 Å². The average Bonchev–Trinajstić information content (AvgIpc) is 3.47. The van der Waals surface area contributed by atoms with Gasteiger partial charge in [0.2, 0.25) is 5.16 Å². The van der Waals surface area contributed by atoms with E-state index in [0.29, 0.717) is 28.8 Å². The first-order valence-corrected chi connectivity index (χ1v) is 12.3. The zero-order valence-corrected chi connectivity index (χ0v) is 21.9. The summed E-state index contributed by atoms with van der Waals surface area (Å²) in [7, 11) is 0. The number of aromatic nitrogens is 4. The van der Waals surface area contributed by atoms with Gasteiger partial charge in [-0.25, -0.2) is 0 Å². The van der Waals surface area contributed by atoms with Crippen LogP contribution in [0.5, 0.6) is 0 Å². The molecule has 12 heteroatoms. The number of alkyl halides is 3. The standard InChI is InChI=1S/C26H21F3N6OS.ClH/c1-16-10-11-22(17(2)12-16)35-25(31-32-33-35)37-15-23(36)30-24-21-9-4-3-6-18(21)14-34(24)20-8-5-7-19(13-20)26(27,28)29;/h3-13H,14-15H2,1-2H3;1H. The van der Waals surface area contributed by atoms with E-state index >= 15 is 0 Å². The fraction of sp³-hybridized carbons (Fsp3) is 0.192. The van der Waals surface area contributed by atoms with Gasteiger partial charge in [0.1, 0.15) is 5.84 Å². The fourth-order valence-electron chi connectivity index (χ4n) is 4.19. The molecular weight excluding hydrogens is 537 g/mol. The first-order chi connectivity index (χ1) is 17.7. The lowest BCUT2D eigenvalue weighted by atomic mass is 10.1. The number of carbonyl (C=O) groups excluding carboxylic acids is 1. The Morgan fingerprint density at radius 2 is 1.84 bits per heavy atom. The Bertz CT molecular complexity index is 1520. The van der Waals surface area contributed by atoms with Crippen molar-refractivity contribution < 1.29 is 18.0 Å². The number of tetrazole rings is 1. The van der Waals surface area contributed by atoms with E-state index in [1.807, 2.05) is 50.2 Å². The smallest absolute Gasteiger partial charge is 0.321 e. The van der Waals surface area contributed by atoms with Gasteiger partial charge in [0, 0.05) is 11.3 Å². The van der Waals surface area contributed by atoms with Crippen LogP contribution in [-0.4, -0.2) is 37.7 Å². The summed E-state index contributed by atoms with van der Waals surface area (Å²) in [4.78, 5) is 18.9. The van der Waals surface area contributed by atoms with Gasteiger partial charge in [-0.3, -0.25) is 4.79 Å². The minimum Gasteiger partial charge on any atom is -0.321 e. The number of amides is 1. The molecule has 0 radical (unpaired) electrons. The maximum Gasteiger partial charge on any atom is 0.416 e. The lowest BCUT2D eigenvalue weighted by Crippen LogP contribution is -2.26. The number of aryl methyl sites for hydroxylation is 2. The van der Waals surface area contributed by atoms with Crippen LogP contribution in [0.15, 0.2) is 76.9 Å². The van der Waals surface area contributed by atoms with Crippen molar-refractivity contribution in [2.75, 3.05) is 10.7 Å². The van der Waals surface area contributed by atoms with E-state index in [1.54, 1.807) is 21.7 Å². The quantitative estimate of drug-likeness (QED) is 0.288. The van der Waals surface area contributed by atoms with Gasteiger partial charge in [0.05, 0.1) is 23.5 Å². The molecule has 0 N–H and O–H groups in total. The van der Waals surface area contributed by atoms with E-state index in [2.05, 4.69) is 20.5 Å². The molecule has 5 rings (SSSR count). The van der Waals surface area contributed by atoms with Crippen LogP contribution < -0.4 is 4.90 Å². The van der Waals surface area contributed by atoms with Gasteiger partial charge in [-0.15, -0.1) is 17.5 Å². The second-order valence-electron chi connectivity index (χ2n) is 8.57. The molecule has 4 aromatic rings. The SMILES string of the molecule is Cc1ccc(-n2nnnc2SCC(=O)N=C2c3ccccc3CN2c2cccc(C(F)(F)F)c2)c(C)c1.Cl. The molecule has 196 valence electrons. The Morgan fingerprint density at radius 1 is 1.05 bits per heavy atom. The van der Waals surface area contributed by atoms with E-state index < -0.39 is 17.6 Å². The molecule has 0 fully saturated rings. The summed E-state index contributed by atoms with van der Waals surface area (Å²) in [5.41, 5.74) is 4.02. The highest BCUT2D eigenvalue weighted by molar-refractivity contribution is 7.99. The Kier molecular flexibility index (Phi) is 7.89. The molecule has 1 aliphatic heterocycles. The minimum atomic E-state index is -4.48. The molecule has 7 nitrogen and oxygen atoms in total. The first-order valence-electron chi connectivity index (χ1n) is 11.3. The summed E-state index contributed by atoms with van der Waals surface area (Å²) in [6.45, 7) is 4.25. The summed E-state index contributed by atoms with van der Waals surface area (Å²) < 4.78 is 41.6. The predicted molar refractivity (Wildman–Crippen MR) is 142 cm³/mol. The van der Waals surface area contributed by atoms with Gasteiger partial charge in [0.25, 0.3) is 5.91 Å². The molecule has 1 aliphatic rings. The van der Waals surface area contributed by atoms with Crippen LogP contribution in [0.3, 0.4) is 0 Å². The summed E-state index contributed by atoms with van der Waals surface area (Å²) in [5, 5.41) is 12.3. The van der Waals surface area contributed by atoms with Crippen LogP contribution in [0, 0.1) is 13.8 Å². The second kappa shape index (κ2) is 11.0. The van der Waals surface area contributed by atoms with Gasteiger partial charge in [0.15, 0.2) is 0 Å². The van der Waals surface area contributed by atoms with Gasteiger partial charge in [-0.1, -0.05) is 59.8 Å². The Morgan fingerprint density at radius 3 is 2.61 bits per heavy atom. The van der Waals surface area contributed by atoms with Crippen molar-refractivity contribution in [3.05, 3.63) is 94.5 Å². The van der Waals surface area contributed by atoms with Crippen LogP contribution in [0.25, 0.3) is 5.69 Å². The maximum absolute atomic E-state index is 13.3. The van der Waals surface area contributed by atoms with Crippen LogP contribution in [-0.2, 0) is 17.5 Å². The zero-order chi connectivity index (χ0) is 26.2. The normalized spacial score (nSPS) is 13.9. The fourth-order valence-corrected chi connectivity index (χ4v) is 4.86. The Labute approximate surface area is 227 Å². The van der Waals surface area contributed by atoms with E-state index in [1.165, 1.54) is 6.07 Å². The maximum atomic E-state index is 13.3. The molecule has 3 aromatic carbocycles. The molecule has 0 unspecified atom stereocenters. The van der Waals surface area contributed by atoms with Crippen molar-refractivity contribution >= 4 is 41.6 Å². The van der Waals surface area contributed by atoms with Gasteiger partial charge < -0.3 is 4.90 Å². The number of carbonyl (C=O) groups is 1. The van der Waals surface area contributed by atoms with Crippen LogP contribution in [0.2, 0.25) is 0 Å². The molecule has 1 amide bonds. The summed E-state index contributed by atoms with van der Waals surface area (Å²) in [6.07, 6.45) is -4.48. The van der Waals surface area contributed by atoms with Crippen molar-refractivity contribution in [1.82, 2.24) is 20.2 Å². The van der Waals surface area contributed by atoms with E-state index in [4.69, 9.17) is 0 Å². The molecular formula is C26H22ClF3N6OS.